The van der Waals surface area contributed by atoms with Crippen LogP contribution in [0.4, 0.5) is 0 Å². The molecule has 2 aromatic heterocycles. The Hall–Kier alpha value is -3.59. The first-order valence-electron chi connectivity index (χ1n) is 9.40. The molecular weight excluding hydrogens is 364 g/mol. The number of hydrogen-bond donors (Lipinski definition) is 0. The minimum Gasteiger partial charge on any atom is -0.497 e. The summed E-state index contributed by atoms with van der Waals surface area (Å²) in [5.74, 6) is 1.20. The minimum atomic E-state index is -0.330. The lowest BCUT2D eigenvalue weighted by molar-refractivity contribution is 0.103. The van der Waals surface area contributed by atoms with Crippen LogP contribution >= 0.6 is 0 Å². The topological polar surface area (TPSA) is 72.8 Å². The fourth-order valence-electron chi connectivity index (χ4n) is 3.39. The van der Waals surface area contributed by atoms with Gasteiger partial charge in [0.15, 0.2) is 0 Å². The van der Waals surface area contributed by atoms with Crippen molar-refractivity contribution in [2.24, 2.45) is 0 Å². The van der Waals surface area contributed by atoms with Gasteiger partial charge in [-0.25, -0.2) is 4.68 Å². The number of hydrogen-bond acceptors (Lipinski definition) is 4. The summed E-state index contributed by atoms with van der Waals surface area (Å²) >= 11 is 0. The Morgan fingerprint density at radius 3 is 2.66 bits per heavy atom. The molecule has 6 nitrogen and oxygen atoms in total. The molecule has 6 heteroatoms. The number of benzene rings is 1. The monoisotopic (exact) mass is 388 g/mol. The van der Waals surface area contributed by atoms with Crippen molar-refractivity contribution >= 4 is 11.9 Å². The summed E-state index contributed by atoms with van der Waals surface area (Å²) in [5, 5.41) is 14.0. The van der Waals surface area contributed by atoms with E-state index in [1.807, 2.05) is 30.7 Å². The number of methoxy groups -OCH3 is 1. The summed E-state index contributed by atoms with van der Waals surface area (Å²) in [4.78, 5) is 12.9. The van der Waals surface area contributed by atoms with Crippen molar-refractivity contribution in [2.75, 3.05) is 7.11 Å². The predicted octanol–water partition coefficient (Wildman–Crippen LogP) is 4.67. The Morgan fingerprint density at radius 2 is 2.00 bits per heavy atom. The van der Waals surface area contributed by atoms with Gasteiger partial charge in [0.25, 0.3) is 0 Å². The summed E-state index contributed by atoms with van der Waals surface area (Å²) in [6.45, 7) is 8.12. The van der Waals surface area contributed by atoms with Gasteiger partial charge in [0.05, 0.1) is 13.3 Å². The van der Waals surface area contributed by atoms with E-state index in [0.717, 1.165) is 22.8 Å². The first-order chi connectivity index (χ1) is 13.9. The lowest BCUT2D eigenvalue weighted by Crippen LogP contribution is -2.11. The van der Waals surface area contributed by atoms with Crippen LogP contribution < -0.4 is 4.74 Å². The number of aryl methyl sites for hydroxylation is 1. The van der Waals surface area contributed by atoms with Gasteiger partial charge in [-0.3, -0.25) is 4.79 Å². The first kappa shape index (κ1) is 20.2. The van der Waals surface area contributed by atoms with Gasteiger partial charge in [0, 0.05) is 29.1 Å². The second kappa shape index (κ2) is 8.19. The van der Waals surface area contributed by atoms with E-state index in [2.05, 4.69) is 29.6 Å². The quantitative estimate of drug-likeness (QED) is 0.349. The van der Waals surface area contributed by atoms with Gasteiger partial charge in [-0.1, -0.05) is 12.1 Å². The molecule has 0 aliphatic carbocycles. The highest BCUT2D eigenvalue weighted by atomic mass is 16.5. The lowest BCUT2D eigenvalue weighted by Gasteiger charge is -2.15. The fraction of sp³-hybridized carbons (Fsp3) is 0.261. The molecule has 0 aliphatic rings. The number of rotatable bonds is 6. The molecule has 3 aromatic rings. The molecule has 0 N–H and O–H groups in total. The molecule has 0 amide bonds. The van der Waals surface area contributed by atoms with Crippen LogP contribution in [0.15, 0.2) is 48.2 Å². The Balaban J connectivity index is 2.04. The maximum atomic E-state index is 12.9. The smallest absolute Gasteiger partial charge is 0.203 e. The van der Waals surface area contributed by atoms with Crippen molar-refractivity contribution < 1.29 is 9.53 Å². The standard InChI is InChI=1S/C23H24N4O2/c1-15(2)27-22(9-10-25-27)26-16(3)11-19(17(26)4)12-20(14-24)23(28)18-7-6-8-21(13-18)29-5/h6-13,15H,1-5H3/b20-12+. The number of carbonyl (C=O) groups excluding carboxylic acids is 1. The summed E-state index contributed by atoms with van der Waals surface area (Å²) in [5.41, 5.74) is 3.27. The normalized spacial score (nSPS) is 11.6. The van der Waals surface area contributed by atoms with E-state index in [0.29, 0.717) is 11.3 Å². The molecule has 29 heavy (non-hydrogen) atoms. The Bertz CT molecular complexity index is 1130. The van der Waals surface area contributed by atoms with Crippen LogP contribution in [-0.2, 0) is 0 Å². The van der Waals surface area contributed by atoms with Crippen LogP contribution in [-0.4, -0.2) is 27.2 Å². The van der Waals surface area contributed by atoms with Crippen molar-refractivity contribution in [3.8, 4) is 17.6 Å². The third kappa shape index (κ3) is 3.85. The van der Waals surface area contributed by atoms with E-state index in [4.69, 9.17) is 4.74 Å². The van der Waals surface area contributed by atoms with E-state index in [1.165, 1.54) is 0 Å². The average Bonchev–Trinajstić information content (AvgIpc) is 3.29. The Morgan fingerprint density at radius 1 is 1.24 bits per heavy atom. The average molecular weight is 388 g/mol. The zero-order valence-electron chi connectivity index (χ0n) is 17.3. The SMILES string of the molecule is COc1cccc(C(=O)/C(C#N)=C/c2cc(C)n(-c3ccnn3C(C)C)c2C)c1. The van der Waals surface area contributed by atoms with Crippen LogP contribution in [0.2, 0.25) is 0 Å². The van der Waals surface area contributed by atoms with Crippen molar-refractivity contribution in [2.45, 2.75) is 33.7 Å². The minimum absolute atomic E-state index is 0.0795. The summed E-state index contributed by atoms with van der Waals surface area (Å²) in [6, 6.07) is 13.0. The molecule has 0 spiro atoms. The summed E-state index contributed by atoms with van der Waals surface area (Å²) in [7, 11) is 1.54. The van der Waals surface area contributed by atoms with Crippen molar-refractivity contribution in [1.82, 2.24) is 14.3 Å². The molecule has 0 bridgehead atoms. The van der Waals surface area contributed by atoms with Crippen molar-refractivity contribution in [3.05, 3.63) is 70.7 Å². The second-order valence-electron chi connectivity index (χ2n) is 7.12. The first-order valence-corrected chi connectivity index (χ1v) is 9.40. The maximum absolute atomic E-state index is 12.9. The number of nitrogens with zero attached hydrogens (tertiary/aromatic N) is 4. The predicted molar refractivity (Wildman–Crippen MR) is 112 cm³/mol. The molecule has 0 unspecified atom stereocenters. The van der Waals surface area contributed by atoms with Gasteiger partial charge >= 0.3 is 0 Å². The van der Waals surface area contributed by atoms with Gasteiger partial charge in [0.1, 0.15) is 23.2 Å². The van der Waals surface area contributed by atoms with Gasteiger partial charge in [0.2, 0.25) is 5.78 Å². The summed E-state index contributed by atoms with van der Waals surface area (Å²) in [6.07, 6.45) is 3.42. The number of allylic oxidation sites excluding steroid dienone is 1. The fourth-order valence-corrected chi connectivity index (χ4v) is 3.39. The van der Waals surface area contributed by atoms with Crippen molar-refractivity contribution in [1.29, 1.82) is 5.26 Å². The number of ketones is 1. The number of Topliss-reactive ketones (excluding diaryl/α,β-unsaturated/α-hetero) is 1. The molecule has 1 aromatic carbocycles. The number of ether oxygens (including phenoxy) is 1. The molecule has 0 saturated heterocycles. The van der Waals surface area contributed by atoms with Gasteiger partial charge in [-0.15, -0.1) is 0 Å². The Labute approximate surface area is 170 Å². The van der Waals surface area contributed by atoms with Gasteiger partial charge in [-0.05, 0) is 57.5 Å². The van der Waals surface area contributed by atoms with Crippen LogP contribution in [0.1, 0.15) is 47.2 Å². The summed E-state index contributed by atoms with van der Waals surface area (Å²) < 4.78 is 9.21. The maximum Gasteiger partial charge on any atom is 0.203 e. The molecule has 3 rings (SSSR count). The lowest BCUT2D eigenvalue weighted by atomic mass is 10.0. The molecule has 0 saturated carbocycles. The van der Waals surface area contributed by atoms with E-state index >= 15 is 0 Å². The highest BCUT2D eigenvalue weighted by molar-refractivity contribution is 6.14. The van der Waals surface area contributed by atoms with Crippen molar-refractivity contribution in [3.63, 3.8) is 0 Å². The molecule has 2 heterocycles. The highest BCUT2D eigenvalue weighted by Crippen LogP contribution is 2.25. The molecule has 0 aliphatic heterocycles. The molecule has 0 fully saturated rings. The third-order valence-electron chi connectivity index (χ3n) is 4.83. The van der Waals surface area contributed by atoms with Gasteiger partial charge in [-0.2, -0.15) is 10.4 Å². The van der Waals surface area contributed by atoms with E-state index in [-0.39, 0.29) is 17.4 Å². The van der Waals surface area contributed by atoms with E-state index < -0.39 is 0 Å². The molecule has 0 atom stereocenters. The number of aromatic nitrogens is 3. The van der Waals surface area contributed by atoms with Crippen LogP contribution in [0.3, 0.4) is 0 Å². The Kier molecular flexibility index (Phi) is 5.69. The number of nitriles is 1. The molecule has 148 valence electrons. The van der Waals surface area contributed by atoms with E-state index in [9.17, 15) is 10.1 Å². The highest BCUT2D eigenvalue weighted by Gasteiger charge is 2.17. The van der Waals surface area contributed by atoms with Crippen LogP contribution in [0, 0.1) is 25.2 Å². The third-order valence-corrected chi connectivity index (χ3v) is 4.83. The zero-order valence-corrected chi connectivity index (χ0v) is 17.3. The second-order valence-corrected chi connectivity index (χ2v) is 7.12. The molecular formula is C23H24N4O2. The number of carbonyl (C=O) groups is 1. The largest absolute Gasteiger partial charge is 0.497 e. The zero-order chi connectivity index (χ0) is 21.1. The van der Waals surface area contributed by atoms with Crippen LogP contribution in [0.25, 0.3) is 11.9 Å². The van der Waals surface area contributed by atoms with Crippen LogP contribution in [0.5, 0.6) is 5.75 Å². The molecule has 0 radical (unpaired) electrons. The van der Waals surface area contributed by atoms with E-state index in [1.54, 1.807) is 43.6 Å². The van der Waals surface area contributed by atoms with Gasteiger partial charge < -0.3 is 9.30 Å².